The summed E-state index contributed by atoms with van der Waals surface area (Å²) in [6.07, 6.45) is 8.28. The maximum atomic E-state index is 3.85. The summed E-state index contributed by atoms with van der Waals surface area (Å²) in [5, 5.41) is 0. The third kappa shape index (κ3) is 4.70. The summed E-state index contributed by atoms with van der Waals surface area (Å²) in [7, 11) is 0. The van der Waals surface area contributed by atoms with Crippen molar-refractivity contribution < 1.29 is 24.4 Å². The van der Waals surface area contributed by atoms with E-state index >= 15 is 0 Å². The van der Waals surface area contributed by atoms with Crippen LogP contribution in [0.25, 0.3) is 0 Å². The first-order chi connectivity index (χ1) is 6.24. The van der Waals surface area contributed by atoms with Crippen molar-refractivity contribution in [1.29, 1.82) is 0 Å². The van der Waals surface area contributed by atoms with E-state index in [2.05, 4.69) is 50.6 Å². The molecule has 0 rings (SSSR count). The van der Waals surface area contributed by atoms with E-state index in [4.69, 9.17) is 0 Å². The summed E-state index contributed by atoms with van der Waals surface area (Å²) in [5.74, 6) is 0. The van der Waals surface area contributed by atoms with Crippen LogP contribution in [0, 0.1) is 24.4 Å². The standard InChI is InChI=1S/4C3H5.U/c4*1-3-2;/h4*3H,1-2H2;. The Hall–Kier alpha value is 0.0119. The first kappa shape index (κ1) is 13.0. The van der Waals surface area contributed by atoms with Crippen molar-refractivity contribution in [2.75, 3.05) is 0 Å². The van der Waals surface area contributed by atoms with Crippen molar-refractivity contribution in [2.45, 2.75) is 13.8 Å². The second-order valence-corrected chi connectivity index (χ2v) is 22.8. The second-order valence-electron chi connectivity index (χ2n) is 3.47. The molecule has 72 valence electrons. The average Bonchev–Trinajstić information content (AvgIpc) is 2.06. The fourth-order valence-electron chi connectivity index (χ4n) is 1.72. The minimum absolute atomic E-state index is 1.23. The number of hydrogen-bond donors (Lipinski definition) is 0. The molecule has 13 heavy (non-hydrogen) atoms. The summed E-state index contributed by atoms with van der Waals surface area (Å²) < 4.78 is 4.91. The molecular formula is C12H20U. The third-order valence-corrected chi connectivity index (χ3v) is 21.5. The van der Waals surface area contributed by atoms with Crippen LogP contribution in [0.15, 0.2) is 50.6 Å². The van der Waals surface area contributed by atoms with Crippen molar-refractivity contribution in [3.8, 4) is 0 Å². The molecule has 0 nitrogen and oxygen atoms in total. The van der Waals surface area contributed by atoms with E-state index in [0.29, 0.717) is 0 Å². The molecule has 0 amide bonds. The Labute approximate surface area is 88.3 Å². The Morgan fingerprint density at radius 1 is 0.615 bits per heavy atom. The molecule has 0 N–H and O–H groups in total. The van der Waals surface area contributed by atoms with Crippen LogP contribution in [0.3, 0.4) is 0 Å². The van der Waals surface area contributed by atoms with E-state index < -0.39 is 24.4 Å². The molecule has 0 atom stereocenters. The molecule has 0 aromatic carbocycles. The van der Waals surface area contributed by atoms with E-state index in [1.54, 1.807) is 0 Å². The summed E-state index contributed by atoms with van der Waals surface area (Å²) in [6, 6.07) is 0. The molecule has 0 aliphatic carbocycles. The van der Waals surface area contributed by atoms with E-state index in [1.165, 1.54) is 13.8 Å². The van der Waals surface area contributed by atoms with E-state index in [9.17, 15) is 0 Å². The number of hydrogen-bond acceptors (Lipinski definition) is 0. The van der Waals surface area contributed by atoms with Gasteiger partial charge in [0.2, 0.25) is 0 Å². The molecule has 0 unspecified atom stereocenters. The second kappa shape index (κ2) is 7.42. The normalized spacial score (nSPS) is 10.5. The van der Waals surface area contributed by atoms with Gasteiger partial charge in [-0.25, -0.2) is 0 Å². The van der Waals surface area contributed by atoms with Crippen molar-refractivity contribution in [1.82, 2.24) is 0 Å². The topological polar surface area (TPSA) is 0 Å². The van der Waals surface area contributed by atoms with Gasteiger partial charge in [-0.05, 0) is 0 Å². The predicted octanol–water partition coefficient (Wildman–Crippen LogP) is 4.56. The molecule has 0 radical (unpaired) electrons. The van der Waals surface area contributed by atoms with Crippen LogP contribution in [-0.4, -0.2) is 0 Å². The molecule has 0 saturated heterocycles. The van der Waals surface area contributed by atoms with Crippen LogP contribution >= 0.6 is 0 Å². The Kier molecular flexibility index (Phi) is 7.43. The predicted molar refractivity (Wildman–Crippen MR) is 60.0 cm³/mol. The van der Waals surface area contributed by atoms with Gasteiger partial charge in [-0.1, -0.05) is 0 Å². The molecule has 0 aliphatic rings. The summed E-state index contributed by atoms with van der Waals surface area (Å²) in [4.78, 5) is 0. The van der Waals surface area contributed by atoms with Crippen molar-refractivity contribution in [3.63, 3.8) is 0 Å². The number of rotatable bonds is 8. The summed E-state index contributed by atoms with van der Waals surface area (Å²) in [6.45, 7) is 15.4. The van der Waals surface area contributed by atoms with Crippen molar-refractivity contribution >= 4 is 0 Å². The van der Waals surface area contributed by atoms with Crippen LogP contribution < -0.4 is 0 Å². The van der Waals surface area contributed by atoms with Gasteiger partial charge in [0.05, 0.1) is 0 Å². The first-order valence-electron chi connectivity index (χ1n) is 4.68. The van der Waals surface area contributed by atoms with Crippen molar-refractivity contribution in [2.24, 2.45) is 0 Å². The van der Waals surface area contributed by atoms with Gasteiger partial charge in [-0.15, -0.1) is 0 Å². The van der Waals surface area contributed by atoms with Gasteiger partial charge in [0, 0.05) is 0 Å². The Balaban J connectivity index is 4.53. The molecule has 0 heterocycles. The zero-order chi connectivity index (χ0) is 10.2. The Morgan fingerprint density at radius 2 is 0.846 bits per heavy atom. The van der Waals surface area contributed by atoms with Gasteiger partial charge < -0.3 is 0 Å². The SMILES string of the molecule is C=C[CH2][U]([CH2]C=C)([CH2]C=C)[CH2]C=C. The van der Waals surface area contributed by atoms with Crippen LogP contribution in [0.1, 0.15) is 0 Å². The molecule has 0 saturated carbocycles. The van der Waals surface area contributed by atoms with Gasteiger partial charge in [-0.3, -0.25) is 0 Å². The average molecular weight is 402 g/mol. The molecule has 0 spiro atoms. The van der Waals surface area contributed by atoms with Gasteiger partial charge in [0.1, 0.15) is 0 Å². The zero-order valence-corrected chi connectivity index (χ0v) is 12.6. The zero-order valence-electron chi connectivity index (χ0n) is 8.47. The van der Waals surface area contributed by atoms with Gasteiger partial charge in [0.25, 0.3) is 0 Å². The van der Waals surface area contributed by atoms with Gasteiger partial charge in [0.15, 0.2) is 0 Å². The fourth-order valence-corrected chi connectivity index (χ4v) is 16.1. The van der Waals surface area contributed by atoms with Crippen LogP contribution in [0.2, 0.25) is 13.8 Å². The molecule has 0 aliphatic heterocycles. The maximum absolute atomic E-state index is 3.85. The van der Waals surface area contributed by atoms with E-state index in [1.807, 2.05) is 0 Å². The molecular weight excluding hydrogens is 382 g/mol. The molecule has 0 fully saturated rings. The minimum atomic E-state index is -2.25. The Morgan fingerprint density at radius 3 is 1.00 bits per heavy atom. The third-order valence-electron chi connectivity index (χ3n) is 2.31. The summed E-state index contributed by atoms with van der Waals surface area (Å²) >= 11 is -2.25. The van der Waals surface area contributed by atoms with Crippen LogP contribution in [0.4, 0.5) is 0 Å². The Bertz CT molecular complexity index is 146. The molecule has 0 aromatic rings. The monoisotopic (exact) mass is 402 g/mol. The van der Waals surface area contributed by atoms with Crippen LogP contribution in [0.5, 0.6) is 0 Å². The summed E-state index contributed by atoms with van der Waals surface area (Å²) in [5.41, 5.74) is 0. The molecule has 0 bridgehead atoms. The first-order valence-corrected chi connectivity index (χ1v) is 16.5. The van der Waals surface area contributed by atoms with Crippen molar-refractivity contribution in [3.05, 3.63) is 50.6 Å². The van der Waals surface area contributed by atoms with E-state index in [0.717, 1.165) is 0 Å². The van der Waals surface area contributed by atoms with Crippen LogP contribution in [-0.2, 0) is 0 Å². The number of allylic oxidation sites excluding steroid dienone is 4. The molecule has 1 heteroatoms. The van der Waals surface area contributed by atoms with Gasteiger partial charge in [-0.2, -0.15) is 0 Å². The quantitative estimate of drug-likeness (QED) is 0.523. The van der Waals surface area contributed by atoms with E-state index in [-0.39, 0.29) is 0 Å². The van der Waals surface area contributed by atoms with Gasteiger partial charge >= 0.3 is 88.8 Å². The molecule has 0 aromatic heterocycles. The fraction of sp³-hybridized carbons (Fsp3) is 0.333.